The van der Waals surface area contributed by atoms with Crippen LogP contribution in [0.15, 0.2) is 12.3 Å². The molecule has 0 bridgehead atoms. The molecule has 2 fully saturated rings. The molecule has 104 valence electrons. The predicted molar refractivity (Wildman–Crippen MR) is 76.1 cm³/mol. The van der Waals surface area contributed by atoms with Gasteiger partial charge in [0.15, 0.2) is 0 Å². The Bertz CT molecular complexity index is 490. The maximum absolute atomic E-state index is 12.8. The number of carbonyl (C=O) groups excluding carboxylic acids is 1. The van der Waals surface area contributed by atoms with Crippen LogP contribution >= 0.6 is 0 Å². The topological polar surface area (TPSA) is 51.3 Å². The highest BCUT2D eigenvalue weighted by molar-refractivity contribution is 5.94. The predicted octanol–water partition coefficient (Wildman–Crippen LogP) is 2.81. The number of nitrogen functional groups attached to an aromatic ring is 1. The maximum Gasteiger partial charge on any atom is 0.271 e. The van der Waals surface area contributed by atoms with Crippen LogP contribution in [0.2, 0.25) is 0 Å². The van der Waals surface area contributed by atoms with Gasteiger partial charge in [0.1, 0.15) is 5.69 Å². The van der Waals surface area contributed by atoms with Crippen LogP contribution in [-0.4, -0.2) is 27.5 Å². The summed E-state index contributed by atoms with van der Waals surface area (Å²) in [4.78, 5) is 14.9. The second-order valence-corrected chi connectivity index (χ2v) is 6.00. The van der Waals surface area contributed by atoms with E-state index in [1.165, 1.54) is 12.8 Å². The molecule has 0 radical (unpaired) electrons. The number of carbonyl (C=O) groups is 1. The number of nitrogens with zero attached hydrogens (tertiary/aromatic N) is 2. The van der Waals surface area contributed by atoms with Gasteiger partial charge in [-0.3, -0.25) is 4.79 Å². The molecule has 1 aliphatic heterocycles. The molecule has 1 aromatic heterocycles. The number of hydrogen-bond donors (Lipinski definition) is 1. The summed E-state index contributed by atoms with van der Waals surface area (Å²) in [5.41, 5.74) is 7.38. The van der Waals surface area contributed by atoms with E-state index >= 15 is 0 Å². The first-order valence-corrected chi connectivity index (χ1v) is 7.41. The molecule has 3 rings (SSSR count). The van der Waals surface area contributed by atoms with E-state index < -0.39 is 0 Å². The minimum absolute atomic E-state index is 0.167. The van der Waals surface area contributed by atoms with Crippen LogP contribution < -0.4 is 5.73 Å². The van der Waals surface area contributed by atoms with Gasteiger partial charge in [-0.2, -0.15) is 0 Å². The Morgan fingerprint density at radius 1 is 1.37 bits per heavy atom. The van der Waals surface area contributed by atoms with Gasteiger partial charge in [-0.25, -0.2) is 0 Å². The smallest absolute Gasteiger partial charge is 0.271 e. The van der Waals surface area contributed by atoms with Crippen molar-refractivity contribution in [1.82, 2.24) is 9.47 Å². The van der Waals surface area contributed by atoms with E-state index in [1.54, 1.807) is 0 Å². The monoisotopic (exact) mass is 261 g/mol. The summed E-state index contributed by atoms with van der Waals surface area (Å²) < 4.78 is 2.09. The van der Waals surface area contributed by atoms with Gasteiger partial charge in [0.2, 0.25) is 0 Å². The van der Waals surface area contributed by atoms with E-state index in [2.05, 4.69) is 23.3 Å². The Morgan fingerprint density at radius 2 is 2.11 bits per heavy atom. The Morgan fingerprint density at radius 3 is 2.74 bits per heavy atom. The summed E-state index contributed by atoms with van der Waals surface area (Å²) in [6, 6.07) is 3.08. The molecule has 0 spiro atoms. The quantitative estimate of drug-likeness (QED) is 0.909. The zero-order chi connectivity index (χ0) is 13.6. The number of anilines is 1. The Labute approximate surface area is 114 Å². The lowest BCUT2D eigenvalue weighted by Gasteiger charge is -2.28. The zero-order valence-electron chi connectivity index (χ0n) is 11.8. The average molecular weight is 261 g/mol. The van der Waals surface area contributed by atoms with E-state index in [4.69, 9.17) is 5.73 Å². The van der Waals surface area contributed by atoms with Gasteiger partial charge >= 0.3 is 0 Å². The summed E-state index contributed by atoms with van der Waals surface area (Å²) in [5, 5.41) is 0. The molecule has 2 N–H and O–H groups in total. The van der Waals surface area contributed by atoms with Crippen molar-refractivity contribution in [2.75, 3.05) is 5.73 Å². The van der Waals surface area contributed by atoms with Crippen molar-refractivity contribution in [3.8, 4) is 0 Å². The van der Waals surface area contributed by atoms with Crippen molar-refractivity contribution in [1.29, 1.82) is 0 Å². The minimum Gasteiger partial charge on any atom is -0.397 e. The minimum atomic E-state index is 0.167. The summed E-state index contributed by atoms with van der Waals surface area (Å²) in [6.07, 6.45) is 7.54. The highest BCUT2D eigenvalue weighted by atomic mass is 16.2. The second kappa shape index (κ2) is 4.58. The summed E-state index contributed by atoms with van der Waals surface area (Å²) >= 11 is 0. The van der Waals surface area contributed by atoms with Crippen molar-refractivity contribution in [2.45, 2.75) is 64.1 Å². The molecule has 1 aliphatic carbocycles. The molecule has 0 aromatic carbocycles. The largest absolute Gasteiger partial charge is 0.397 e. The van der Waals surface area contributed by atoms with E-state index in [0.717, 1.165) is 25.0 Å². The normalized spacial score (nSPS) is 26.9. The van der Waals surface area contributed by atoms with Crippen LogP contribution in [0.25, 0.3) is 0 Å². The number of amides is 1. The number of rotatable bonds is 3. The van der Waals surface area contributed by atoms with E-state index in [1.807, 2.05) is 12.3 Å². The van der Waals surface area contributed by atoms with Crippen LogP contribution in [0.4, 0.5) is 5.69 Å². The standard InChI is InChI=1S/C15H23N3O/c1-3-12-5-4-10(2)18(12)15(19)14-8-11(16)9-17(14)13-6-7-13/h8-10,12-13H,3-7,16H2,1-2H3. The first-order valence-electron chi connectivity index (χ1n) is 7.41. The molecule has 1 saturated heterocycles. The Balaban J connectivity index is 1.90. The summed E-state index contributed by atoms with van der Waals surface area (Å²) in [5.74, 6) is 0.167. The second-order valence-electron chi connectivity index (χ2n) is 6.00. The maximum atomic E-state index is 12.8. The first-order chi connectivity index (χ1) is 9.11. The van der Waals surface area contributed by atoms with Crippen LogP contribution in [0.5, 0.6) is 0 Å². The molecule has 2 heterocycles. The van der Waals surface area contributed by atoms with Crippen molar-refractivity contribution < 1.29 is 4.79 Å². The molecule has 1 saturated carbocycles. The highest BCUT2D eigenvalue weighted by Gasteiger charge is 2.36. The Hall–Kier alpha value is -1.45. The van der Waals surface area contributed by atoms with Crippen LogP contribution in [0.3, 0.4) is 0 Å². The molecule has 4 nitrogen and oxygen atoms in total. The van der Waals surface area contributed by atoms with Crippen LogP contribution in [0.1, 0.15) is 62.5 Å². The van der Waals surface area contributed by atoms with Crippen molar-refractivity contribution >= 4 is 11.6 Å². The molecular weight excluding hydrogens is 238 g/mol. The highest BCUT2D eigenvalue weighted by Crippen LogP contribution is 2.38. The van der Waals surface area contributed by atoms with Crippen LogP contribution in [0, 0.1) is 0 Å². The first kappa shape index (κ1) is 12.6. The van der Waals surface area contributed by atoms with Gasteiger partial charge in [-0.1, -0.05) is 6.92 Å². The lowest BCUT2D eigenvalue weighted by Crippen LogP contribution is -2.40. The van der Waals surface area contributed by atoms with E-state index in [0.29, 0.717) is 23.8 Å². The number of hydrogen-bond acceptors (Lipinski definition) is 2. The molecule has 2 aliphatic rings. The third kappa shape index (κ3) is 2.13. The molecule has 1 amide bonds. The van der Waals surface area contributed by atoms with Crippen molar-refractivity contribution in [3.05, 3.63) is 18.0 Å². The lowest BCUT2D eigenvalue weighted by molar-refractivity contribution is 0.0665. The molecule has 2 unspecified atom stereocenters. The number of nitrogens with two attached hydrogens (primary N) is 1. The molecule has 1 aromatic rings. The van der Waals surface area contributed by atoms with Gasteiger partial charge in [0.25, 0.3) is 5.91 Å². The molecule has 19 heavy (non-hydrogen) atoms. The third-order valence-electron chi connectivity index (χ3n) is 4.52. The fourth-order valence-electron chi connectivity index (χ4n) is 3.30. The fraction of sp³-hybridized carbons (Fsp3) is 0.667. The van der Waals surface area contributed by atoms with E-state index in [-0.39, 0.29) is 5.91 Å². The number of likely N-dealkylation sites (tertiary alicyclic amines) is 1. The number of aromatic nitrogens is 1. The van der Waals surface area contributed by atoms with Gasteiger partial charge < -0.3 is 15.2 Å². The summed E-state index contributed by atoms with van der Waals surface area (Å²) in [6.45, 7) is 4.32. The third-order valence-corrected chi connectivity index (χ3v) is 4.52. The zero-order valence-corrected chi connectivity index (χ0v) is 11.8. The van der Waals surface area contributed by atoms with Crippen molar-refractivity contribution in [2.24, 2.45) is 0 Å². The lowest BCUT2D eigenvalue weighted by atomic mass is 10.1. The van der Waals surface area contributed by atoms with E-state index in [9.17, 15) is 4.79 Å². The van der Waals surface area contributed by atoms with Crippen molar-refractivity contribution in [3.63, 3.8) is 0 Å². The molecular formula is C15H23N3O. The molecule has 2 atom stereocenters. The van der Waals surface area contributed by atoms with Crippen LogP contribution in [-0.2, 0) is 0 Å². The fourth-order valence-corrected chi connectivity index (χ4v) is 3.30. The van der Waals surface area contributed by atoms with Gasteiger partial charge in [0, 0.05) is 24.3 Å². The Kier molecular flexibility index (Phi) is 3.03. The van der Waals surface area contributed by atoms with Gasteiger partial charge in [0.05, 0.1) is 5.69 Å². The van der Waals surface area contributed by atoms with Gasteiger partial charge in [-0.15, -0.1) is 0 Å². The SMILES string of the molecule is CCC1CCC(C)N1C(=O)c1cc(N)cn1C1CC1. The average Bonchev–Trinajstić information content (AvgIpc) is 3.06. The molecule has 4 heteroatoms. The summed E-state index contributed by atoms with van der Waals surface area (Å²) in [7, 11) is 0. The van der Waals surface area contributed by atoms with Gasteiger partial charge in [-0.05, 0) is 45.1 Å².